The van der Waals surface area contributed by atoms with Crippen LogP contribution >= 0.6 is 0 Å². The smallest absolute Gasteiger partial charge is 0.351 e. The predicted molar refractivity (Wildman–Crippen MR) is 33.2 cm³/mol. The number of urea groups is 1. The Morgan fingerprint density at radius 3 is 2.64 bits per heavy atom. The largest absolute Gasteiger partial charge is 0.480 e. The first-order valence-electron chi connectivity index (χ1n) is 2.72. The van der Waals surface area contributed by atoms with Gasteiger partial charge in [0.1, 0.15) is 6.54 Å². The summed E-state index contributed by atoms with van der Waals surface area (Å²) in [6.07, 6.45) is 0.797. The van der Waals surface area contributed by atoms with Crippen molar-refractivity contribution in [1.82, 2.24) is 4.90 Å². The topological polar surface area (TPSA) is 87.0 Å². The van der Waals surface area contributed by atoms with E-state index in [1.165, 1.54) is 0 Å². The SMILES string of the molecule is O=C(O)CN1C(=O)C=NC1=O. The summed E-state index contributed by atoms with van der Waals surface area (Å²) in [5, 5.41) is 8.21. The van der Waals surface area contributed by atoms with Gasteiger partial charge >= 0.3 is 12.0 Å². The maximum atomic E-state index is 10.6. The van der Waals surface area contributed by atoms with Crippen molar-refractivity contribution in [3.63, 3.8) is 0 Å². The molecule has 0 unspecified atom stereocenters. The van der Waals surface area contributed by atoms with Crippen LogP contribution in [0.2, 0.25) is 0 Å². The normalized spacial score (nSPS) is 16.2. The van der Waals surface area contributed by atoms with Gasteiger partial charge < -0.3 is 5.11 Å². The highest BCUT2D eigenvalue weighted by Gasteiger charge is 2.26. The van der Waals surface area contributed by atoms with E-state index in [2.05, 4.69) is 4.99 Å². The third-order valence-electron chi connectivity index (χ3n) is 1.08. The molecule has 0 aromatic heterocycles. The molecule has 1 aliphatic rings. The number of aliphatic carboxylic acids is 1. The van der Waals surface area contributed by atoms with Crippen LogP contribution in [0.25, 0.3) is 0 Å². The quantitative estimate of drug-likeness (QED) is 0.561. The molecule has 0 fully saturated rings. The van der Waals surface area contributed by atoms with Gasteiger partial charge in [0.15, 0.2) is 0 Å². The van der Waals surface area contributed by atoms with E-state index < -0.39 is 24.5 Å². The van der Waals surface area contributed by atoms with Crippen LogP contribution in [0.4, 0.5) is 4.79 Å². The van der Waals surface area contributed by atoms with E-state index in [1.54, 1.807) is 0 Å². The summed E-state index contributed by atoms with van der Waals surface area (Å²) in [5.74, 6) is -1.92. The summed E-state index contributed by atoms with van der Waals surface area (Å²) < 4.78 is 0. The number of carbonyl (C=O) groups is 3. The molecule has 11 heavy (non-hydrogen) atoms. The van der Waals surface area contributed by atoms with E-state index in [4.69, 9.17) is 5.11 Å². The molecule has 1 aliphatic heterocycles. The first-order chi connectivity index (χ1) is 5.11. The Morgan fingerprint density at radius 2 is 2.27 bits per heavy atom. The minimum atomic E-state index is -1.24. The summed E-state index contributed by atoms with van der Waals surface area (Å²) in [7, 11) is 0. The Bertz CT molecular complexity index is 239. The lowest BCUT2D eigenvalue weighted by Gasteiger charge is -2.06. The maximum absolute atomic E-state index is 10.6. The van der Waals surface area contributed by atoms with Crippen LogP contribution in [0.3, 0.4) is 0 Å². The molecule has 1 rings (SSSR count). The van der Waals surface area contributed by atoms with Crippen molar-refractivity contribution < 1.29 is 19.5 Å². The number of imide groups is 1. The van der Waals surface area contributed by atoms with Gasteiger partial charge in [0.05, 0.1) is 6.21 Å². The van der Waals surface area contributed by atoms with Crippen molar-refractivity contribution in [3.05, 3.63) is 0 Å². The van der Waals surface area contributed by atoms with Gasteiger partial charge in [-0.2, -0.15) is 4.99 Å². The Balaban J connectivity index is 2.66. The molecule has 0 atom stereocenters. The van der Waals surface area contributed by atoms with Crippen LogP contribution in [0.5, 0.6) is 0 Å². The highest BCUT2D eigenvalue weighted by Crippen LogP contribution is 1.99. The van der Waals surface area contributed by atoms with E-state index in [9.17, 15) is 14.4 Å². The van der Waals surface area contributed by atoms with Gasteiger partial charge in [-0.1, -0.05) is 0 Å². The molecule has 0 saturated carbocycles. The lowest BCUT2D eigenvalue weighted by atomic mass is 10.5. The van der Waals surface area contributed by atoms with Gasteiger partial charge in [-0.05, 0) is 0 Å². The fourth-order valence-electron chi connectivity index (χ4n) is 0.625. The molecule has 0 aliphatic carbocycles. The van der Waals surface area contributed by atoms with Crippen LogP contribution in [0.1, 0.15) is 0 Å². The number of carbonyl (C=O) groups excluding carboxylic acids is 2. The second-order valence-electron chi connectivity index (χ2n) is 1.86. The number of amides is 3. The molecule has 6 nitrogen and oxygen atoms in total. The molecule has 1 heterocycles. The number of carboxylic acids is 1. The maximum Gasteiger partial charge on any atom is 0.351 e. The number of aliphatic imine (C=N–C) groups is 1. The van der Waals surface area contributed by atoms with Crippen molar-refractivity contribution >= 4 is 24.1 Å². The van der Waals surface area contributed by atoms with Gasteiger partial charge in [0.25, 0.3) is 5.91 Å². The molecule has 3 amide bonds. The zero-order valence-electron chi connectivity index (χ0n) is 5.35. The molecule has 58 valence electrons. The molecule has 0 spiro atoms. The fourth-order valence-corrected chi connectivity index (χ4v) is 0.625. The first-order valence-corrected chi connectivity index (χ1v) is 2.72. The third-order valence-corrected chi connectivity index (χ3v) is 1.08. The minimum absolute atomic E-state index is 0.544. The van der Waals surface area contributed by atoms with Crippen LogP contribution in [0, 0.1) is 0 Å². The Kier molecular flexibility index (Phi) is 1.67. The summed E-state index contributed by atoms with van der Waals surface area (Å²) in [6, 6.07) is -0.822. The highest BCUT2D eigenvalue weighted by molar-refractivity contribution is 6.36. The number of carboxylic acid groups (broad SMARTS) is 1. The van der Waals surface area contributed by atoms with E-state index in [1.807, 2.05) is 0 Å². The van der Waals surface area contributed by atoms with Gasteiger partial charge in [-0.15, -0.1) is 0 Å². The number of rotatable bonds is 2. The average molecular weight is 156 g/mol. The van der Waals surface area contributed by atoms with Crippen molar-refractivity contribution in [2.24, 2.45) is 4.99 Å². The minimum Gasteiger partial charge on any atom is -0.480 e. The van der Waals surface area contributed by atoms with E-state index in [0.29, 0.717) is 4.90 Å². The zero-order valence-corrected chi connectivity index (χ0v) is 5.35. The highest BCUT2D eigenvalue weighted by atomic mass is 16.4. The fraction of sp³-hybridized carbons (Fsp3) is 0.200. The van der Waals surface area contributed by atoms with Crippen LogP contribution in [-0.4, -0.2) is 40.7 Å². The Hall–Kier alpha value is -1.72. The van der Waals surface area contributed by atoms with Crippen LogP contribution in [0.15, 0.2) is 4.99 Å². The number of hydrogen-bond donors (Lipinski definition) is 1. The molecule has 0 bridgehead atoms. The van der Waals surface area contributed by atoms with Crippen molar-refractivity contribution in [3.8, 4) is 0 Å². The summed E-state index contributed by atoms with van der Waals surface area (Å²) >= 11 is 0. The molecule has 0 aromatic rings. The Labute approximate surface area is 61.1 Å². The van der Waals surface area contributed by atoms with Crippen LogP contribution in [-0.2, 0) is 9.59 Å². The van der Waals surface area contributed by atoms with Crippen molar-refractivity contribution in [2.75, 3.05) is 6.54 Å². The van der Waals surface area contributed by atoms with E-state index in [0.717, 1.165) is 6.21 Å². The average Bonchev–Trinajstić information content (AvgIpc) is 2.18. The van der Waals surface area contributed by atoms with Gasteiger partial charge in [0.2, 0.25) is 0 Å². The number of nitrogens with zero attached hydrogens (tertiary/aromatic N) is 2. The number of hydrogen-bond acceptors (Lipinski definition) is 3. The van der Waals surface area contributed by atoms with Gasteiger partial charge in [-0.3, -0.25) is 9.59 Å². The summed E-state index contributed by atoms with van der Waals surface area (Å²) in [4.78, 5) is 34.9. The zero-order chi connectivity index (χ0) is 8.43. The molecule has 0 saturated heterocycles. The summed E-state index contributed by atoms with van der Waals surface area (Å²) in [6.45, 7) is -0.627. The second-order valence-corrected chi connectivity index (χ2v) is 1.86. The monoisotopic (exact) mass is 156 g/mol. The standard InChI is InChI=1S/C5H4N2O4/c8-3-1-6-5(11)7(3)2-4(9)10/h1H,2H2,(H,9,10). The molecular formula is C5H4N2O4. The second kappa shape index (κ2) is 2.49. The molecule has 6 heteroatoms. The molecule has 0 radical (unpaired) electrons. The Morgan fingerprint density at radius 1 is 1.64 bits per heavy atom. The lowest BCUT2D eigenvalue weighted by Crippen LogP contribution is -2.34. The first kappa shape index (κ1) is 7.39. The molecule has 0 aromatic carbocycles. The lowest BCUT2D eigenvalue weighted by molar-refractivity contribution is -0.140. The van der Waals surface area contributed by atoms with Crippen LogP contribution < -0.4 is 0 Å². The van der Waals surface area contributed by atoms with Gasteiger partial charge in [-0.25, -0.2) is 9.69 Å². The van der Waals surface area contributed by atoms with Crippen molar-refractivity contribution in [2.45, 2.75) is 0 Å². The molecule has 1 N–H and O–H groups in total. The van der Waals surface area contributed by atoms with E-state index >= 15 is 0 Å². The third kappa shape index (κ3) is 1.40. The van der Waals surface area contributed by atoms with E-state index in [-0.39, 0.29) is 0 Å². The summed E-state index contributed by atoms with van der Waals surface area (Å²) in [5.41, 5.74) is 0. The van der Waals surface area contributed by atoms with Gasteiger partial charge in [0, 0.05) is 0 Å². The molecular weight excluding hydrogens is 152 g/mol. The van der Waals surface area contributed by atoms with Crippen molar-refractivity contribution in [1.29, 1.82) is 0 Å². The predicted octanol–water partition coefficient (Wildman–Crippen LogP) is -0.896.